The number of hydrogen-bond acceptors (Lipinski definition) is 3. The average Bonchev–Trinajstić information content (AvgIpc) is 2.10. The molecule has 1 rings (SSSR count). The second kappa shape index (κ2) is 2.56. The molecule has 1 saturated heterocycles. The highest BCUT2D eigenvalue weighted by Gasteiger charge is 2.31. The number of carbonyl (C=O) groups is 1. The van der Waals surface area contributed by atoms with Crippen molar-refractivity contribution in [3.63, 3.8) is 0 Å². The molecular weight excluding hydrogens is 132 g/mol. The summed E-state index contributed by atoms with van der Waals surface area (Å²) in [5, 5.41) is 8.60. The third kappa shape index (κ3) is 1.27. The van der Waals surface area contributed by atoms with Crippen molar-refractivity contribution in [2.45, 2.75) is 18.5 Å². The molecule has 4 nitrogen and oxygen atoms in total. The Morgan fingerprint density at radius 3 is 2.60 bits per heavy atom. The molecule has 0 saturated carbocycles. The lowest BCUT2D eigenvalue weighted by Gasteiger charge is -2.12. The summed E-state index contributed by atoms with van der Waals surface area (Å²) in [6, 6.07) is -0.332. The monoisotopic (exact) mass is 144 g/mol. The Labute approximate surface area is 59.6 Å². The summed E-state index contributed by atoms with van der Waals surface area (Å²) >= 11 is 0. The van der Waals surface area contributed by atoms with Crippen LogP contribution in [0.5, 0.6) is 0 Å². The Bertz CT molecular complexity index is 149. The lowest BCUT2D eigenvalue weighted by molar-refractivity contribution is -0.141. The highest BCUT2D eigenvalue weighted by atomic mass is 16.4. The van der Waals surface area contributed by atoms with Crippen LogP contribution in [0.15, 0.2) is 0 Å². The molecule has 0 amide bonds. The van der Waals surface area contributed by atoms with Crippen LogP contribution in [0.2, 0.25) is 0 Å². The second-order valence-electron chi connectivity index (χ2n) is 2.79. The normalized spacial score (nSPS) is 34.6. The largest absolute Gasteiger partial charge is 0.480 e. The second-order valence-corrected chi connectivity index (χ2v) is 2.79. The van der Waals surface area contributed by atoms with Crippen molar-refractivity contribution in [1.82, 2.24) is 4.90 Å². The zero-order chi connectivity index (χ0) is 7.72. The average molecular weight is 144 g/mol. The molecule has 10 heavy (non-hydrogen) atoms. The van der Waals surface area contributed by atoms with E-state index in [2.05, 4.69) is 0 Å². The molecule has 1 aliphatic heterocycles. The maximum absolute atomic E-state index is 10.5. The molecule has 0 aromatic carbocycles. The van der Waals surface area contributed by atoms with Crippen molar-refractivity contribution in [2.75, 3.05) is 13.6 Å². The lowest BCUT2D eigenvalue weighted by Crippen LogP contribution is -2.32. The van der Waals surface area contributed by atoms with Gasteiger partial charge in [0, 0.05) is 12.6 Å². The van der Waals surface area contributed by atoms with Gasteiger partial charge in [-0.2, -0.15) is 0 Å². The minimum absolute atomic E-state index is 0.0334. The van der Waals surface area contributed by atoms with E-state index >= 15 is 0 Å². The lowest BCUT2D eigenvalue weighted by atomic mass is 10.2. The zero-order valence-electron chi connectivity index (χ0n) is 5.95. The number of carboxylic acid groups (broad SMARTS) is 1. The van der Waals surface area contributed by atoms with Gasteiger partial charge in [-0.3, -0.25) is 9.69 Å². The number of nitrogens with two attached hydrogens (primary N) is 1. The Morgan fingerprint density at radius 2 is 2.40 bits per heavy atom. The smallest absolute Gasteiger partial charge is 0.320 e. The number of nitrogens with zero attached hydrogens (tertiary/aromatic N) is 1. The molecular formula is C6H12N2O2. The van der Waals surface area contributed by atoms with Crippen LogP contribution in [-0.2, 0) is 4.79 Å². The Balaban J connectivity index is 2.54. The molecule has 0 radical (unpaired) electrons. The van der Waals surface area contributed by atoms with Crippen LogP contribution in [0.3, 0.4) is 0 Å². The summed E-state index contributed by atoms with van der Waals surface area (Å²) in [7, 11) is 1.78. The van der Waals surface area contributed by atoms with Crippen molar-refractivity contribution < 1.29 is 9.90 Å². The van der Waals surface area contributed by atoms with Crippen molar-refractivity contribution in [3.05, 3.63) is 0 Å². The third-order valence-corrected chi connectivity index (χ3v) is 1.87. The van der Waals surface area contributed by atoms with Gasteiger partial charge in [0.1, 0.15) is 6.04 Å². The third-order valence-electron chi connectivity index (χ3n) is 1.87. The van der Waals surface area contributed by atoms with E-state index in [1.165, 1.54) is 0 Å². The first kappa shape index (κ1) is 7.50. The van der Waals surface area contributed by atoms with Gasteiger partial charge in [-0.15, -0.1) is 0 Å². The summed E-state index contributed by atoms with van der Waals surface area (Å²) < 4.78 is 0. The van der Waals surface area contributed by atoms with E-state index in [0.717, 1.165) is 0 Å². The minimum atomic E-state index is -0.768. The molecule has 0 aromatic heterocycles. The van der Waals surface area contributed by atoms with Gasteiger partial charge < -0.3 is 10.8 Å². The van der Waals surface area contributed by atoms with Gasteiger partial charge in [-0.25, -0.2) is 0 Å². The van der Waals surface area contributed by atoms with E-state index < -0.39 is 5.97 Å². The van der Waals surface area contributed by atoms with E-state index in [4.69, 9.17) is 10.8 Å². The van der Waals surface area contributed by atoms with Gasteiger partial charge in [0.15, 0.2) is 0 Å². The Kier molecular flexibility index (Phi) is 1.92. The topological polar surface area (TPSA) is 66.6 Å². The van der Waals surface area contributed by atoms with E-state index in [9.17, 15) is 4.79 Å². The molecule has 0 unspecified atom stereocenters. The molecule has 0 bridgehead atoms. The quantitative estimate of drug-likeness (QED) is 0.500. The van der Waals surface area contributed by atoms with Crippen molar-refractivity contribution in [3.8, 4) is 0 Å². The predicted octanol–water partition coefficient (Wildman–Crippen LogP) is -0.898. The van der Waals surface area contributed by atoms with Crippen LogP contribution < -0.4 is 5.73 Å². The zero-order valence-corrected chi connectivity index (χ0v) is 5.95. The maximum Gasteiger partial charge on any atom is 0.320 e. The molecule has 0 aliphatic carbocycles. The van der Waals surface area contributed by atoms with Crippen LogP contribution >= 0.6 is 0 Å². The fourth-order valence-electron chi connectivity index (χ4n) is 1.33. The van der Waals surface area contributed by atoms with Gasteiger partial charge in [0.05, 0.1) is 0 Å². The summed E-state index contributed by atoms with van der Waals surface area (Å²) in [5.41, 5.74) is 5.55. The molecule has 1 heterocycles. The minimum Gasteiger partial charge on any atom is -0.480 e. The van der Waals surface area contributed by atoms with Crippen LogP contribution in [0.25, 0.3) is 0 Å². The van der Waals surface area contributed by atoms with Gasteiger partial charge in [0.25, 0.3) is 0 Å². The SMILES string of the molecule is CN1C[C@H](N)C[C@H]1C(=O)O. The summed E-state index contributed by atoms with van der Waals surface area (Å²) in [4.78, 5) is 12.2. The Hall–Kier alpha value is -0.610. The van der Waals surface area contributed by atoms with E-state index in [-0.39, 0.29) is 12.1 Å². The van der Waals surface area contributed by atoms with Crippen molar-refractivity contribution >= 4 is 5.97 Å². The molecule has 2 atom stereocenters. The first-order chi connectivity index (χ1) is 4.61. The number of likely N-dealkylation sites (tertiary alicyclic amines) is 1. The molecule has 0 aromatic rings. The van der Waals surface area contributed by atoms with E-state index in [1.54, 1.807) is 11.9 Å². The fraction of sp³-hybridized carbons (Fsp3) is 0.833. The summed E-state index contributed by atoms with van der Waals surface area (Å²) in [5.74, 6) is -0.768. The van der Waals surface area contributed by atoms with Crippen LogP contribution in [0.1, 0.15) is 6.42 Å². The van der Waals surface area contributed by atoms with Crippen molar-refractivity contribution in [1.29, 1.82) is 0 Å². The standard InChI is InChI=1S/C6H12N2O2/c1-8-3-4(7)2-5(8)6(9)10/h4-5H,2-3,7H2,1H3,(H,9,10)/t4-,5+/m1/s1. The number of likely N-dealkylation sites (N-methyl/N-ethyl adjacent to an activating group) is 1. The van der Waals surface area contributed by atoms with Gasteiger partial charge in [-0.05, 0) is 13.5 Å². The maximum atomic E-state index is 10.5. The number of aliphatic carboxylic acids is 1. The van der Waals surface area contributed by atoms with E-state index in [0.29, 0.717) is 13.0 Å². The molecule has 3 N–H and O–H groups in total. The Morgan fingerprint density at radius 1 is 1.80 bits per heavy atom. The van der Waals surface area contributed by atoms with Gasteiger partial charge in [-0.1, -0.05) is 0 Å². The highest BCUT2D eigenvalue weighted by Crippen LogP contribution is 2.13. The first-order valence-corrected chi connectivity index (χ1v) is 3.30. The first-order valence-electron chi connectivity index (χ1n) is 3.30. The fourth-order valence-corrected chi connectivity index (χ4v) is 1.33. The van der Waals surface area contributed by atoms with E-state index in [1.807, 2.05) is 0 Å². The van der Waals surface area contributed by atoms with Crippen LogP contribution in [0, 0.1) is 0 Å². The molecule has 58 valence electrons. The predicted molar refractivity (Wildman–Crippen MR) is 36.6 cm³/mol. The summed E-state index contributed by atoms with van der Waals surface area (Å²) in [6.07, 6.45) is 0.575. The molecule has 4 heteroatoms. The van der Waals surface area contributed by atoms with Gasteiger partial charge >= 0.3 is 5.97 Å². The van der Waals surface area contributed by atoms with Crippen molar-refractivity contribution in [2.24, 2.45) is 5.73 Å². The van der Waals surface area contributed by atoms with Gasteiger partial charge in [0.2, 0.25) is 0 Å². The summed E-state index contributed by atoms with van der Waals surface area (Å²) in [6.45, 7) is 0.691. The van der Waals surface area contributed by atoms with Crippen LogP contribution in [0.4, 0.5) is 0 Å². The molecule has 1 aliphatic rings. The highest BCUT2D eigenvalue weighted by molar-refractivity contribution is 5.73. The van der Waals surface area contributed by atoms with Crippen LogP contribution in [-0.4, -0.2) is 41.7 Å². The number of hydrogen-bond donors (Lipinski definition) is 2. The number of carboxylic acids is 1. The molecule has 0 spiro atoms. The molecule has 1 fully saturated rings. The number of rotatable bonds is 1.